The van der Waals surface area contributed by atoms with E-state index in [9.17, 15) is 12.6 Å². The van der Waals surface area contributed by atoms with Crippen molar-refractivity contribution in [1.29, 1.82) is 0 Å². The Bertz CT molecular complexity index is 939. The summed E-state index contributed by atoms with van der Waals surface area (Å²) < 4.78 is 42.2. The highest BCUT2D eigenvalue weighted by atomic mass is 32.3. The van der Waals surface area contributed by atoms with Gasteiger partial charge in [-0.05, 0) is 31.2 Å². The molecule has 2 aromatic carbocycles. The van der Waals surface area contributed by atoms with Crippen molar-refractivity contribution in [3.05, 3.63) is 71.8 Å². The van der Waals surface area contributed by atoms with Crippen molar-refractivity contribution in [2.45, 2.75) is 16.7 Å². The van der Waals surface area contributed by atoms with E-state index in [1.54, 1.807) is 67.7 Å². The number of aryl methyl sites for hydroxylation is 1. The average Bonchev–Trinajstić information content (AvgIpc) is 2.54. The van der Waals surface area contributed by atoms with Gasteiger partial charge in [0.05, 0.1) is 9.79 Å². The number of hydrogen-bond donors (Lipinski definition) is 0. The molecule has 0 aliphatic rings. The Morgan fingerprint density at radius 2 is 1.46 bits per heavy atom. The normalized spacial score (nSPS) is 14.3. The molecule has 2 rings (SSSR count). The molecule has 1 atom stereocenters. The van der Waals surface area contributed by atoms with Gasteiger partial charge < -0.3 is 4.90 Å². The highest BCUT2D eigenvalue weighted by molar-refractivity contribution is 8.05. The highest BCUT2D eigenvalue weighted by Crippen LogP contribution is 2.21. The minimum Gasteiger partial charge on any atom is -0.383 e. The van der Waals surface area contributed by atoms with Crippen LogP contribution in [0.25, 0.3) is 0 Å². The van der Waals surface area contributed by atoms with Crippen molar-refractivity contribution < 1.29 is 12.6 Å². The molecule has 0 amide bonds. The molecule has 0 aliphatic carbocycles. The Hall–Kier alpha value is -2.12. The van der Waals surface area contributed by atoms with Gasteiger partial charge in [0, 0.05) is 25.7 Å². The van der Waals surface area contributed by atoms with E-state index < -0.39 is 19.8 Å². The molecule has 7 heteroatoms. The monoisotopic (exact) mass is 364 g/mol. The molecule has 128 valence electrons. The second kappa shape index (κ2) is 7.19. The summed E-state index contributed by atoms with van der Waals surface area (Å²) in [5, 5.41) is 1.33. The summed E-state index contributed by atoms with van der Waals surface area (Å²) in [7, 11) is -3.80. The zero-order valence-corrected chi connectivity index (χ0v) is 15.4. The molecule has 5 nitrogen and oxygen atoms in total. The summed E-state index contributed by atoms with van der Waals surface area (Å²) in [4.78, 5) is 2.05. The van der Waals surface area contributed by atoms with Gasteiger partial charge in [0.2, 0.25) is 0 Å². The summed E-state index contributed by atoms with van der Waals surface area (Å²) in [6.45, 7) is 1.86. The van der Waals surface area contributed by atoms with E-state index in [2.05, 4.69) is 3.77 Å². The lowest BCUT2D eigenvalue weighted by molar-refractivity contribution is 0.564. The first kappa shape index (κ1) is 18.2. The number of hydrogen-bond acceptors (Lipinski definition) is 4. The summed E-state index contributed by atoms with van der Waals surface area (Å²) >= 11 is 0. The highest BCUT2D eigenvalue weighted by Gasteiger charge is 2.19. The van der Waals surface area contributed by atoms with Crippen LogP contribution in [0.2, 0.25) is 0 Å². The van der Waals surface area contributed by atoms with Crippen LogP contribution in [0, 0.1) is 6.92 Å². The van der Waals surface area contributed by atoms with Crippen LogP contribution in [0.5, 0.6) is 0 Å². The largest absolute Gasteiger partial charge is 0.383 e. The first-order valence-corrected chi connectivity index (χ1v) is 10.2. The van der Waals surface area contributed by atoms with Crippen LogP contribution < -0.4 is 0 Å². The second-order valence-corrected chi connectivity index (χ2v) is 9.39. The standard InChI is InChI=1S/C17H20N2O3S2/c1-15-9-11-17(12-10-15)24(21,22)18-23(20,14-13-19(2)3)16-7-5-4-6-8-16/h4-14H,1-3H3/b14-13+. The van der Waals surface area contributed by atoms with Crippen molar-refractivity contribution in [3.63, 3.8) is 0 Å². The molecule has 0 spiro atoms. The minimum absolute atomic E-state index is 0.0232. The van der Waals surface area contributed by atoms with Gasteiger partial charge in [0.1, 0.15) is 9.73 Å². The maximum absolute atomic E-state index is 13.3. The number of sulfonamides is 1. The predicted octanol–water partition coefficient (Wildman–Crippen LogP) is 3.24. The Morgan fingerprint density at radius 1 is 0.875 bits per heavy atom. The van der Waals surface area contributed by atoms with Crippen LogP contribution in [-0.4, -0.2) is 31.6 Å². The van der Waals surface area contributed by atoms with Gasteiger partial charge in [-0.15, -0.1) is 0 Å². The SMILES string of the molecule is Cc1ccc(S(=O)(=O)N=S(=O)(/C=C/N(C)C)c2ccccc2)cc1. The number of rotatable bonds is 5. The molecule has 0 heterocycles. The van der Waals surface area contributed by atoms with Gasteiger partial charge >= 0.3 is 0 Å². The summed E-state index contributed by atoms with van der Waals surface area (Å²) in [5.41, 5.74) is 0.935. The van der Waals surface area contributed by atoms with Gasteiger partial charge in [0.25, 0.3) is 10.0 Å². The molecular formula is C17H20N2O3S2. The van der Waals surface area contributed by atoms with E-state index in [4.69, 9.17) is 0 Å². The molecule has 24 heavy (non-hydrogen) atoms. The molecular weight excluding hydrogens is 344 g/mol. The third-order valence-corrected chi connectivity index (χ3v) is 7.13. The zero-order valence-electron chi connectivity index (χ0n) is 13.8. The third kappa shape index (κ3) is 4.46. The van der Waals surface area contributed by atoms with Gasteiger partial charge in [0.15, 0.2) is 0 Å². The van der Waals surface area contributed by atoms with E-state index in [0.717, 1.165) is 5.56 Å². The van der Waals surface area contributed by atoms with E-state index >= 15 is 0 Å². The first-order valence-electron chi connectivity index (χ1n) is 7.23. The quantitative estimate of drug-likeness (QED) is 0.817. The van der Waals surface area contributed by atoms with Crippen LogP contribution in [0.4, 0.5) is 0 Å². The van der Waals surface area contributed by atoms with Crippen LogP contribution in [0.1, 0.15) is 5.56 Å². The van der Waals surface area contributed by atoms with Gasteiger partial charge in [-0.3, -0.25) is 0 Å². The van der Waals surface area contributed by atoms with Crippen molar-refractivity contribution >= 4 is 19.8 Å². The fourth-order valence-corrected chi connectivity index (χ4v) is 5.51. The molecule has 0 fully saturated rings. The Balaban J connectivity index is 2.65. The maximum Gasteiger partial charge on any atom is 0.290 e. The lowest BCUT2D eigenvalue weighted by Crippen LogP contribution is -2.07. The second-order valence-electron chi connectivity index (χ2n) is 5.49. The number of nitrogens with zero attached hydrogens (tertiary/aromatic N) is 2. The molecule has 1 unspecified atom stereocenters. The van der Waals surface area contributed by atoms with Crippen LogP contribution in [0.15, 0.2) is 79.8 Å². The van der Waals surface area contributed by atoms with Crippen molar-refractivity contribution in [1.82, 2.24) is 4.90 Å². The third-order valence-electron chi connectivity index (χ3n) is 3.15. The van der Waals surface area contributed by atoms with Gasteiger partial charge in [-0.1, -0.05) is 39.7 Å². The molecule has 0 bridgehead atoms. The molecule has 0 radical (unpaired) electrons. The minimum atomic E-state index is -4.05. The lowest BCUT2D eigenvalue weighted by atomic mass is 10.2. The Labute approximate surface area is 143 Å². The molecule has 0 aromatic heterocycles. The van der Waals surface area contributed by atoms with Gasteiger partial charge in [-0.25, -0.2) is 4.21 Å². The van der Waals surface area contributed by atoms with E-state index in [0.29, 0.717) is 4.90 Å². The smallest absolute Gasteiger partial charge is 0.290 e. The summed E-state index contributed by atoms with van der Waals surface area (Å²) in [6.07, 6.45) is 1.55. The van der Waals surface area contributed by atoms with E-state index in [1.807, 2.05) is 6.92 Å². The molecule has 2 aromatic rings. The van der Waals surface area contributed by atoms with Crippen LogP contribution >= 0.6 is 0 Å². The average molecular weight is 364 g/mol. The fraction of sp³-hybridized carbons (Fsp3) is 0.176. The van der Waals surface area contributed by atoms with Crippen molar-refractivity contribution in [2.75, 3.05) is 14.1 Å². The molecule has 0 saturated heterocycles. The lowest BCUT2D eigenvalue weighted by Gasteiger charge is -2.09. The first-order chi connectivity index (χ1) is 11.2. The zero-order chi connectivity index (χ0) is 17.8. The molecule has 0 saturated carbocycles. The molecule has 0 aliphatic heterocycles. The number of benzene rings is 2. The van der Waals surface area contributed by atoms with Gasteiger partial charge in [-0.2, -0.15) is 8.42 Å². The summed E-state index contributed by atoms with van der Waals surface area (Å²) in [5.74, 6) is 0. The Kier molecular flexibility index (Phi) is 5.46. The topological polar surface area (TPSA) is 66.8 Å². The summed E-state index contributed by atoms with van der Waals surface area (Å²) in [6, 6.07) is 14.7. The Morgan fingerprint density at radius 3 is 2.00 bits per heavy atom. The van der Waals surface area contributed by atoms with E-state index in [1.165, 1.54) is 17.5 Å². The molecule has 0 N–H and O–H groups in total. The fourth-order valence-electron chi connectivity index (χ4n) is 1.87. The van der Waals surface area contributed by atoms with Crippen molar-refractivity contribution in [2.24, 2.45) is 3.77 Å². The van der Waals surface area contributed by atoms with Crippen molar-refractivity contribution in [3.8, 4) is 0 Å². The maximum atomic E-state index is 13.3. The van der Waals surface area contributed by atoms with E-state index in [-0.39, 0.29) is 4.90 Å². The van der Waals surface area contributed by atoms with Crippen LogP contribution in [-0.2, 0) is 19.8 Å². The van der Waals surface area contributed by atoms with Crippen LogP contribution in [0.3, 0.4) is 0 Å². The predicted molar refractivity (Wildman–Crippen MR) is 96.5 cm³/mol.